The molecular formula is C14H20Cl2N2O. The Labute approximate surface area is 125 Å². The number of piperidine rings is 1. The summed E-state index contributed by atoms with van der Waals surface area (Å²) < 4.78 is 0. The predicted octanol–water partition coefficient (Wildman–Crippen LogP) is 2.91. The molecule has 0 aliphatic carbocycles. The minimum Gasteiger partial charge on any atom is -0.350 e. The number of carbonyl (C=O) groups excluding carboxylic acids is 1. The molecule has 1 aromatic carbocycles. The normalized spacial score (nSPS) is 22.4. The molecule has 3 nitrogen and oxygen atoms in total. The van der Waals surface area contributed by atoms with E-state index in [4.69, 9.17) is 11.6 Å². The van der Waals surface area contributed by atoms with Gasteiger partial charge in [0, 0.05) is 11.6 Å². The molecule has 5 heteroatoms. The molecule has 1 unspecified atom stereocenters. The first kappa shape index (κ1) is 16.3. The number of benzene rings is 1. The van der Waals surface area contributed by atoms with E-state index in [2.05, 4.69) is 10.6 Å². The van der Waals surface area contributed by atoms with Crippen LogP contribution in [0.3, 0.4) is 0 Å². The summed E-state index contributed by atoms with van der Waals surface area (Å²) in [6, 6.07) is 7.58. The van der Waals surface area contributed by atoms with Gasteiger partial charge in [0.1, 0.15) is 0 Å². The monoisotopic (exact) mass is 302 g/mol. The summed E-state index contributed by atoms with van der Waals surface area (Å²) in [6.07, 6.45) is 3.14. The Hall–Kier alpha value is -0.770. The van der Waals surface area contributed by atoms with Gasteiger partial charge in [0.05, 0.1) is 5.54 Å². The van der Waals surface area contributed by atoms with Crippen molar-refractivity contribution < 1.29 is 4.79 Å². The van der Waals surface area contributed by atoms with E-state index < -0.39 is 5.54 Å². The van der Waals surface area contributed by atoms with Crippen LogP contribution in [-0.2, 0) is 11.3 Å². The van der Waals surface area contributed by atoms with Crippen LogP contribution in [0.5, 0.6) is 0 Å². The van der Waals surface area contributed by atoms with E-state index in [-0.39, 0.29) is 18.3 Å². The highest BCUT2D eigenvalue weighted by molar-refractivity contribution is 6.31. The summed E-state index contributed by atoms with van der Waals surface area (Å²) in [5, 5.41) is 6.96. The third-order valence-electron chi connectivity index (χ3n) is 3.52. The van der Waals surface area contributed by atoms with E-state index in [9.17, 15) is 4.79 Å². The van der Waals surface area contributed by atoms with Crippen molar-refractivity contribution in [3.8, 4) is 0 Å². The Morgan fingerprint density at radius 2 is 2.16 bits per heavy atom. The first-order valence-corrected chi connectivity index (χ1v) is 6.76. The van der Waals surface area contributed by atoms with Crippen LogP contribution in [0.4, 0.5) is 0 Å². The van der Waals surface area contributed by atoms with Crippen LogP contribution in [0.1, 0.15) is 31.7 Å². The van der Waals surface area contributed by atoms with Gasteiger partial charge in [-0.25, -0.2) is 0 Å². The van der Waals surface area contributed by atoms with Crippen molar-refractivity contribution in [2.24, 2.45) is 0 Å². The van der Waals surface area contributed by atoms with Gasteiger partial charge in [0.15, 0.2) is 0 Å². The molecule has 1 aliphatic rings. The fourth-order valence-electron chi connectivity index (χ4n) is 2.26. The molecule has 106 valence electrons. The third-order valence-corrected chi connectivity index (χ3v) is 3.89. The quantitative estimate of drug-likeness (QED) is 0.901. The molecule has 19 heavy (non-hydrogen) atoms. The van der Waals surface area contributed by atoms with Gasteiger partial charge >= 0.3 is 0 Å². The van der Waals surface area contributed by atoms with Gasteiger partial charge < -0.3 is 10.6 Å². The van der Waals surface area contributed by atoms with Crippen molar-refractivity contribution in [1.29, 1.82) is 0 Å². The second kappa shape index (κ2) is 7.13. The molecule has 0 radical (unpaired) electrons. The van der Waals surface area contributed by atoms with Crippen LogP contribution in [-0.4, -0.2) is 18.0 Å². The molecular weight excluding hydrogens is 283 g/mol. The molecule has 0 aromatic heterocycles. The summed E-state index contributed by atoms with van der Waals surface area (Å²) in [5.74, 6) is 0.0575. The Morgan fingerprint density at radius 1 is 1.42 bits per heavy atom. The number of rotatable bonds is 3. The zero-order chi connectivity index (χ0) is 13.0. The van der Waals surface area contributed by atoms with Crippen molar-refractivity contribution in [3.63, 3.8) is 0 Å². The van der Waals surface area contributed by atoms with E-state index in [0.717, 1.165) is 31.4 Å². The lowest BCUT2D eigenvalue weighted by molar-refractivity contribution is -0.128. The Morgan fingerprint density at radius 3 is 2.79 bits per heavy atom. The first-order chi connectivity index (χ1) is 8.62. The lowest BCUT2D eigenvalue weighted by atomic mass is 9.90. The van der Waals surface area contributed by atoms with Gasteiger partial charge in [0.25, 0.3) is 0 Å². The molecule has 1 atom stereocenters. The van der Waals surface area contributed by atoms with Gasteiger partial charge in [-0.15, -0.1) is 12.4 Å². The van der Waals surface area contributed by atoms with Crippen LogP contribution >= 0.6 is 24.0 Å². The zero-order valence-electron chi connectivity index (χ0n) is 11.0. The maximum Gasteiger partial charge on any atom is 0.240 e. The van der Waals surface area contributed by atoms with Crippen LogP contribution in [0, 0.1) is 0 Å². The minimum absolute atomic E-state index is 0. The summed E-state index contributed by atoms with van der Waals surface area (Å²) in [7, 11) is 0. The van der Waals surface area contributed by atoms with Gasteiger partial charge in [-0.2, -0.15) is 0 Å². The lowest BCUT2D eigenvalue weighted by Gasteiger charge is -2.33. The minimum atomic E-state index is -0.431. The molecule has 0 bridgehead atoms. The molecule has 2 N–H and O–H groups in total. The van der Waals surface area contributed by atoms with Crippen molar-refractivity contribution >= 4 is 29.9 Å². The Bertz CT molecular complexity index is 431. The average molecular weight is 303 g/mol. The number of hydrogen-bond donors (Lipinski definition) is 2. The molecule has 0 saturated carbocycles. The number of halogens is 2. The van der Waals surface area contributed by atoms with E-state index in [1.165, 1.54) is 0 Å². The largest absolute Gasteiger partial charge is 0.350 e. The van der Waals surface area contributed by atoms with Crippen molar-refractivity contribution in [1.82, 2.24) is 10.6 Å². The molecule has 1 aromatic rings. The number of hydrogen-bond acceptors (Lipinski definition) is 2. The van der Waals surface area contributed by atoms with Crippen LogP contribution < -0.4 is 10.6 Å². The topological polar surface area (TPSA) is 41.1 Å². The van der Waals surface area contributed by atoms with E-state index in [1.54, 1.807) is 0 Å². The fourth-order valence-corrected chi connectivity index (χ4v) is 2.46. The first-order valence-electron chi connectivity index (χ1n) is 6.38. The van der Waals surface area contributed by atoms with Gasteiger partial charge in [-0.3, -0.25) is 4.79 Å². The molecule has 1 aliphatic heterocycles. The molecule has 0 spiro atoms. The molecule has 1 amide bonds. The second-order valence-corrected chi connectivity index (χ2v) is 5.40. The summed E-state index contributed by atoms with van der Waals surface area (Å²) >= 11 is 6.06. The molecule has 1 fully saturated rings. The highest BCUT2D eigenvalue weighted by Gasteiger charge is 2.33. The average Bonchev–Trinajstić information content (AvgIpc) is 2.38. The SMILES string of the molecule is CC1(C(=O)NCc2ccccc2Cl)CCCCN1.Cl. The molecule has 1 heterocycles. The fraction of sp³-hybridized carbons (Fsp3) is 0.500. The number of carbonyl (C=O) groups is 1. The summed E-state index contributed by atoms with van der Waals surface area (Å²) in [6.45, 7) is 3.36. The Balaban J connectivity index is 0.00000180. The van der Waals surface area contributed by atoms with Crippen molar-refractivity contribution in [2.75, 3.05) is 6.54 Å². The summed E-state index contributed by atoms with van der Waals surface area (Å²) in [4.78, 5) is 12.2. The van der Waals surface area contributed by atoms with Crippen LogP contribution in [0.2, 0.25) is 5.02 Å². The maximum absolute atomic E-state index is 12.2. The highest BCUT2D eigenvalue weighted by Crippen LogP contribution is 2.19. The molecule has 1 saturated heterocycles. The van der Waals surface area contributed by atoms with Gasteiger partial charge in [-0.1, -0.05) is 29.8 Å². The van der Waals surface area contributed by atoms with E-state index in [1.807, 2.05) is 31.2 Å². The smallest absolute Gasteiger partial charge is 0.240 e. The second-order valence-electron chi connectivity index (χ2n) is 4.99. The van der Waals surface area contributed by atoms with Gasteiger partial charge in [-0.05, 0) is 44.4 Å². The maximum atomic E-state index is 12.2. The van der Waals surface area contributed by atoms with E-state index in [0.29, 0.717) is 11.6 Å². The highest BCUT2D eigenvalue weighted by atomic mass is 35.5. The summed E-state index contributed by atoms with van der Waals surface area (Å²) in [5.41, 5.74) is 0.520. The number of amides is 1. The number of nitrogens with one attached hydrogen (secondary N) is 2. The van der Waals surface area contributed by atoms with Crippen LogP contribution in [0.25, 0.3) is 0 Å². The predicted molar refractivity (Wildman–Crippen MR) is 80.8 cm³/mol. The standard InChI is InChI=1S/C14H19ClN2O.ClH/c1-14(8-4-5-9-17-14)13(18)16-10-11-6-2-3-7-12(11)15;/h2-3,6-7,17H,4-5,8-10H2,1H3,(H,16,18);1H. The Kier molecular flexibility index (Phi) is 6.11. The third kappa shape index (κ3) is 4.10. The van der Waals surface area contributed by atoms with E-state index >= 15 is 0 Å². The van der Waals surface area contributed by atoms with Crippen molar-refractivity contribution in [2.45, 2.75) is 38.3 Å². The van der Waals surface area contributed by atoms with Crippen molar-refractivity contribution in [3.05, 3.63) is 34.9 Å². The van der Waals surface area contributed by atoms with Gasteiger partial charge in [0.2, 0.25) is 5.91 Å². The molecule has 2 rings (SSSR count). The lowest BCUT2D eigenvalue weighted by Crippen LogP contribution is -2.56. The van der Waals surface area contributed by atoms with Crippen LogP contribution in [0.15, 0.2) is 24.3 Å². The zero-order valence-corrected chi connectivity index (χ0v) is 12.6.